The zero-order chi connectivity index (χ0) is 28.9. The minimum Gasteiger partial charge on any atom is -0.497 e. The summed E-state index contributed by atoms with van der Waals surface area (Å²) in [6.45, 7) is 4.30. The van der Waals surface area contributed by atoms with Crippen LogP contribution in [0.3, 0.4) is 0 Å². The van der Waals surface area contributed by atoms with Gasteiger partial charge in [0.2, 0.25) is 0 Å². The number of benzene rings is 3. The molecular weight excluding hydrogens is 521 g/mol. The van der Waals surface area contributed by atoms with Crippen molar-refractivity contribution in [3.05, 3.63) is 95.1 Å². The van der Waals surface area contributed by atoms with Gasteiger partial charge in [-0.15, -0.1) is 0 Å². The van der Waals surface area contributed by atoms with E-state index in [2.05, 4.69) is 10.6 Å². The molecule has 0 unspecified atom stereocenters. The van der Waals surface area contributed by atoms with Crippen LogP contribution in [-0.2, 0) is 15.1 Å². The van der Waals surface area contributed by atoms with Gasteiger partial charge in [-0.2, -0.15) is 13.2 Å². The second kappa shape index (κ2) is 11.9. The molecule has 0 aromatic heterocycles. The molecule has 9 heteroatoms. The normalized spacial score (nSPS) is 17.3. The summed E-state index contributed by atoms with van der Waals surface area (Å²) in [6, 6.07) is 18.6. The molecule has 4 rings (SSSR count). The number of alkyl halides is 3. The molecule has 1 heterocycles. The monoisotopic (exact) mass is 552 g/mol. The van der Waals surface area contributed by atoms with Gasteiger partial charge in [0.25, 0.3) is 11.8 Å². The first-order chi connectivity index (χ1) is 19.1. The summed E-state index contributed by atoms with van der Waals surface area (Å²) in [7, 11) is 1.50. The Balaban J connectivity index is 1.78. The SMILES string of the molecule is CCCCOc1ccc([C@]2(C(F)(F)F)CC(c3ccc(C)cc3)=C(C(=O)Nc3ccc(OC)cc3)C(=O)N2)cc1. The van der Waals surface area contributed by atoms with Gasteiger partial charge in [0, 0.05) is 12.1 Å². The number of ether oxygens (including phenoxy) is 2. The summed E-state index contributed by atoms with van der Waals surface area (Å²) in [5.41, 5.74) is -1.69. The molecule has 3 aromatic rings. The Morgan fingerprint density at radius 2 is 1.60 bits per heavy atom. The molecule has 40 heavy (non-hydrogen) atoms. The van der Waals surface area contributed by atoms with Crippen LogP contribution in [0.4, 0.5) is 18.9 Å². The number of hydrogen-bond acceptors (Lipinski definition) is 4. The summed E-state index contributed by atoms with van der Waals surface area (Å²) in [5.74, 6) is -0.933. The van der Waals surface area contributed by atoms with Crippen LogP contribution in [0, 0.1) is 6.92 Å². The Morgan fingerprint density at radius 3 is 2.17 bits per heavy atom. The zero-order valence-corrected chi connectivity index (χ0v) is 22.5. The average Bonchev–Trinajstić information content (AvgIpc) is 2.93. The van der Waals surface area contributed by atoms with E-state index in [0.717, 1.165) is 18.4 Å². The van der Waals surface area contributed by atoms with E-state index >= 15 is 0 Å². The van der Waals surface area contributed by atoms with Crippen LogP contribution < -0.4 is 20.1 Å². The molecule has 0 saturated carbocycles. The number of aryl methyl sites for hydroxylation is 1. The molecule has 1 aliphatic heterocycles. The van der Waals surface area contributed by atoms with E-state index < -0.39 is 30.0 Å². The lowest BCUT2D eigenvalue weighted by Gasteiger charge is -2.41. The number of carbonyl (C=O) groups is 2. The number of hydrogen-bond donors (Lipinski definition) is 2. The van der Waals surface area contributed by atoms with Crippen molar-refractivity contribution in [1.29, 1.82) is 0 Å². The molecule has 0 spiro atoms. The largest absolute Gasteiger partial charge is 0.497 e. The predicted molar refractivity (Wildman–Crippen MR) is 147 cm³/mol. The van der Waals surface area contributed by atoms with E-state index in [0.29, 0.717) is 29.4 Å². The molecular formula is C31H31F3N2O4. The minimum absolute atomic E-state index is 0.00430. The number of methoxy groups -OCH3 is 1. The number of carbonyl (C=O) groups excluding carboxylic acids is 2. The minimum atomic E-state index is -4.87. The van der Waals surface area contributed by atoms with Crippen molar-refractivity contribution < 1.29 is 32.2 Å². The Morgan fingerprint density at radius 1 is 0.975 bits per heavy atom. The van der Waals surface area contributed by atoms with Crippen LogP contribution in [0.25, 0.3) is 5.57 Å². The summed E-state index contributed by atoms with van der Waals surface area (Å²) in [4.78, 5) is 26.9. The third kappa shape index (κ3) is 5.98. The van der Waals surface area contributed by atoms with Gasteiger partial charge in [0.15, 0.2) is 5.54 Å². The third-order valence-electron chi connectivity index (χ3n) is 6.87. The molecule has 0 radical (unpaired) electrons. The fraction of sp³-hybridized carbons (Fsp3) is 0.290. The third-order valence-corrected chi connectivity index (χ3v) is 6.87. The average molecular weight is 553 g/mol. The highest BCUT2D eigenvalue weighted by Gasteiger charge is 2.60. The maximum Gasteiger partial charge on any atom is 0.416 e. The zero-order valence-electron chi connectivity index (χ0n) is 22.5. The Hall–Kier alpha value is -4.27. The summed E-state index contributed by atoms with van der Waals surface area (Å²) in [6.07, 6.45) is -3.81. The van der Waals surface area contributed by atoms with Crippen molar-refractivity contribution in [2.24, 2.45) is 0 Å². The van der Waals surface area contributed by atoms with Crippen LogP contribution in [0.5, 0.6) is 11.5 Å². The van der Waals surface area contributed by atoms with Crippen molar-refractivity contribution in [2.45, 2.75) is 44.8 Å². The second-order valence-corrected chi connectivity index (χ2v) is 9.66. The lowest BCUT2D eigenvalue weighted by atomic mass is 9.76. The Bertz CT molecular complexity index is 1380. The lowest BCUT2D eigenvalue weighted by Crippen LogP contribution is -2.59. The van der Waals surface area contributed by atoms with Crippen LogP contribution in [-0.4, -0.2) is 31.7 Å². The van der Waals surface area contributed by atoms with Crippen molar-refractivity contribution in [3.63, 3.8) is 0 Å². The topological polar surface area (TPSA) is 76.7 Å². The van der Waals surface area contributed by atoms with Crippen LogP contribution in [0.2, 0.25) is 0 Å². The van der Waals surface area contributed by atoms with Gasteiger partial charge >= 0.3 is 6.18 Å². The van der Waals surface area contributed by atoms with Gasteiger partial charge in [-0.3, -0.25) is 9.59 Å². The number of nitrogens with one attached hydrogen (secondary N) is 2. The number of unbranched alkanes of at least 4 members (excludes halogenated alkanes) is 1. The highest BCUT2D eigenvalue weighted by molar-refractivity contribution is 6.28. The van der Waals surface area contributed by atoms with Gasteiger partial charge in [-0.25, -0.2) is 0 Å². The fourth-order valence-electron chi connectivity index (χ4n) is 4.58. The second-order valence-electron chi connectivity index (χ2n) is 9.66. The van der Waals surface area contributed by atoms with Gasteiger partial charge in [-0.1, -0.05) is 55.3 Å². The van der Waals surface area contributed by atoms with Crippen molar-refractivity contribution >= 4 is 23.1 Å². The first kappa shape index (κ1) is 28.7. The lowest BCUT2D eigenvalue weighted by molar-refractivity contribution is -0.201. The Kier molecular flexibility index (Phi) is 8.52. The van der Waals surface area contributed by atoms with E-state index in [1.54, 1.807) is 48.5 Å². The van der Waals surface area contributed by atoms with Gasteiger partial charge < -0.3 is 20.1 Å². The smallest absolute Gasteiger partial charge is 0.416 e. The van der Waals surface area contributed by atoms with Crippen LogP contribution in [0.1, 0.15) is 42.9 Å². The van der Waals surface area contributed by atoms with Crippen molar-refractivity contribution in [2.75, 3.05) is 19.0 Å². The van der Waals surface area contributed by atoms with E-state index in [9.17, 15) is 22.8 Å². The molecule has 3 aromatic carbocycles. The number of rotatable bonds is 9. The summed E-state index contributed by atoms with van der Waals surface area (Å²) in [5, 5.41) is 4.79. The van der Waals surface area contributed by atoms with Crippen LogP contribution >= 0.6 is 0 Å². The highest BCUT2D eigenvalue weighted by atomic mass is 19.4. The number of amides is 2. The standard InChI is InChI=1S/C31H31F3N2O4/c1-4-5-18-40-25-14-10-22(11-15-25)30(31(32,33)34)19-26(21-8-6-20(2)7-9-21)27(29(38)36-30)28(37)35-23-12-16-24(39-3)17-13-23/h6-17H,4-5,18-19H2,1-3H3,(H,35,37)(H,36,38)/t30-/m0/s1. The number of anilines is 1. The van der Waals surface area contributed by atoms with E-state index in [-0.39, 0.29) is 16.7 Å². The molecule has 0 aliphatic carbocycles. The molecule has 0 fully saturated rings. The molecule has 1 atom stereocenters. The van der Waals surface area contributed by atoms with E-state index in [1.165, 1.54) is 31.4 Å². The van der Waals surface area contributed by atoms with Gasteiger partial charge in [0.1, 0.15) is 17.1 Å². The first-order valence-electron chi connectivity index (χ1n) is 13.0. The van der Waals surface area contributed by atoms with E-state index in [1.807, 2.05) is 13.8 Å². The molecule has 2 N–H and O–H groups in total. The van der Waals surface area contributed by atoms with Gasteiger partial charge in [-0.05, 0) is 66.4 Å². The van der Waals surface area contributed by atoms with E-state index in [4.69, 9.17) is 9.47 Å². The maximum absolute atomic E-state index is 14.9. The quantitative estimate of drug-likeness (QED) is 0.233. The molecule has 210 valence electrons. The van der Waals surface area contributed by atoms with Crippen molar-refractivity contribution in [1.82, 2.24) is 5.32 Å². The number of halogens is 3. The van der Waals surface area contributed by atoms with Gasteiger partial charge in [0.05, 0.1) is 13.7 Å². The maximum atomic E-state index is 14.9. The molecule has 0 saturated heterocycles. The predicted octanol–water partition coefficient (Wildman–Crippen LogP) is 6.55. The van der Waals surface area contributed by atoms with Crippen molar-refractivity contribution in [3.8, 4) is 11.5 Å². The molecule has 1 aliphatic rings. The summed E-state index contributed by atoms with van der Waals surface area (Å²) < 4.78 is 55.5. The molecule has 6 nitrogen and oxygen atoms in total. The first-order valence-corrected chi connectivity index (χ1v) is 13.0. The Labute approximate surface area is 231 Å². The van der Waals surface area contributed by atoms with Crippen LogP contribution in [0.15, 0.2) is 78.4 Å². The highest BCUT2D eigenvalue weighted by Crippen LogP contribution is 2.48. The molecule has 2 amide bonds. The summed E-state index contributed by atoms with van der Waals surface area (Å²) >= 11 is 0. The fourth-order valence-corrected chi connectivity index (χ4v) is 4.58. The molecule has 0 bridgehead atoms.